The van der Waals surface area contributed by atoms with E-state index in [1.54, 1.807) is 17.0 Å². The van der Waals surface area contributed by atoms with Crippen LogP contribution in [0.15, 0.2) is 29.2 Å². The fourth-order valence-electron chi connectivity index (χ4n) is 2.38. The predicted octanol–water partition coefficient (Wildman–Crippen LogP) is -0.253. The summed E-state index contributed by atoms with van der Waals surface area (Å²) in [6.07, 6.45) is 0.185. The van der Waals surface area contributed by atoms with Gasteiger partial charge < -0.3 is 14.7 Å². The summed E-state index contributed by atoms with van der Waals surface area (Å²) in [7, 11) is -2.08. The van der Waals surface area contributed by atoms with E-state index in [1.807, 2.05) is 0 Å². The lowest BCUT2D eigenvalue weighted by Crippen LogP contribution is -2.37. The normalized spacial score (nSPS) is 19.4. The molecule has 0 aliphatic carbocycles. The minimum atomic E-state index is -3.44. The molecule has 1 aromatic rings. The van der Waals surface area contributed by atoms with E-state index in [1.165, 1.54) is 19.2 Å². The third-order valence-electron chi connectivity index (χ3n) is 3.73. The quantitative estimate of drug-likeness (QED) is 0.769. The van der Waals surface area contributed by atoms with Crippen LogP contribution in [0.1, 0.15) is 12.0 Å². The molecule has 2 N–H and O–H groups in total. The van der Waals surface area contributed by atoms with Gasteiger partial charge in [0, 0.05) is 19.5 Å². The number of hydrogen-bond donors (Lipinski definition) is 2. The number of amides is 1. The molecule has 1 aromatic carbocycles. The lowest BCUT2D eigenvalue weighted by atomic mass is 10.1. The highest BCUT2D eigenvalue weighted by Crippen LogP contribution is 2.12. The number of sulfonamides is 1. The molecule has 0 saturated carbocycles. The maximum Gasteiger partial charge on any atom is 0.240 e. The van der Waals surface area contributed by atoms with E-state index in [0.717, 1.165) is 5.56 Å². The Morgan fingerprint density at radius 3 is 2.74 bits per heavy atom. The van der Waals surface area contributed by atoms with Crippen LogP contribution >= 0.6 is 0 Å². The summed E-state index contributed by atoms with van der Waals surface area (Å²) in [6.45, 7) is 1.46. The molecule has 1 aliphatic rings. The van der Waals surface area contributed by atoms with Gasteiger partial charge >= 0.3 is 0 Å². The second-order valence-electron chi connectivity index (χ2n) is 5.42. The van der Waals surface area contributed by atoms with Crippen LogP contribution in [0.3, 0.4) is 0 Å². The van der Waals surface area contributed by atoms with E-state index in [9.17, 15) is 18.3 Å². The number of carbonyl (C=O) groups excluding carboxylic acids is 1. The molecule has 2 rings (SSSR count). The minimum Gasteiger partial charge on any atom is -0.389 e. The van der Waals surface area contributed by atoms with Gasteiger partial charge in [-0.05, 0) is 31.2 Å². The summed E-state index contributed by atoms with van der Waals surface area (Å²) < 4.78 is 30.7. The summed E-state index contributed by atoms with van der Waals surface area (Å²) in [6, 6.07) is 6.46. The molecule has 23 heavy (non-hydrogen) atoms. The molecule has 1 atom stereocenters. The second-order valence-corrected chi connectivity index (χ2v) is 7.31. The van der Waals surface area contributed by atoms with Gasteiger partial charge in [0.25, 0.3) is 0 Å². The number of β-amino-alcohol motifs (C(OH)–C–C–N with tert-alkyl or cyclic N) is 1. The lowest BCUT2D eigenvalue weighted by Gasteiger charge is -2.21. The van der Waals surface area contributed by atoms with Crippen LogP contribution in [0.4, 0.5) is 0 Å². The van der Waals surface area contributed by atoms with Gasteiger partial charge in [-0.25, -0.2) is 13.1 Å². The third kappa shape index (κ3) is 5.00. The van der Waals surface area contributed by atoms with Crippen LogP contribution in [0.2, 0.25) is 0 Å². The highest BCUT2D eigenvalue weighted by Gasteiger charge is 2.20. The van der Waals surface area contributed by atoms with Crippen molar-refractivity contribution in [1.82, 2.24) is 9.62 Å². The van der Waals surface area contributed by atoms with Crippen molar-refractivity contribution < 1.29 is 23.1 Å². The highest BCUT2D eigenvalue weighted by molar-refractivity contribution is 7.89. The summed E-state index contributed by atoms with van der Waals surface area (Å²) in [4.78, 5) is 14.0. The van der Waals surface area contributed by atoms with E-state index in [4.69, 9.17) is 4.74 Å². The highest BCUT2D eigenvalue weighted by atomic mass is 32.2. The molecule has 128 valence electrons. The van der Waals surface area contributed by atoms with Crippen molar-refractivity contribution in [1.29, 1.82) is 0 Å². The van der Waals surface area contributed by atoms with E-state index in [-0.39, 0.29) is 24.0 Å². The molecule has 1 fully saturated rings. The zero-order valence-corrected chi connectivity index (χ0v) is 13.9. The fraction of sp³-hybridized carbons (Fsp3) is 0.533. The Morgan fingerprint density at radius 2 is 2.09 bits per heavy atom. The minimum absolute atomic E-state index is 0.0403. The predicted molar refractivity (Wildman–Crippen MR) is 84.4 cm³/mol. The molecule has 1 amide bonds. The van der Waals surface area contributed by atoms with Crippen LogP contribution in [0.5, 0.6) is 0 Å². The second kappa shape index (κ2) is 7.87. The Labute approximate surface area is 136 Å². The summed E-state index contributed by atoms with van der Waals surface area (Å²) in [5.74, 6) is -0.0403. The molecule has 1 saturated heterocycles. The van der Waals surface area contributed by atoms with Crippen molar-refractivity contribution in [2.24, 2.45) is 0 Å². The zero-order valence-electron chi connectivity index (χ0n) is 13.1. The molecule has 0 aromatic heterocycles. The van der Waals surface area contributed by atoms with E-state index >= 15 is 0 Å². The Morgan fingerprint density at radius 1 is 1.39 bits per heavy atom. The van der Waals surface area contributed by atoms with Gasteiger partial charge in [-0.2, -0.15) is 0 Å². The maximum atomic E-state index is 12.2. The first-order chi connectivity index (χ1) is 10.9. The summed E-state index contributed by atoms with van der Waals surface area (Å²) >= 11 is 0. The van der Waals surface area contributed by atoms with Gasteiger partial charge in [0.2, 0.25) is 15.9 Å². The molecular weight excluding hydrogens is 320 g/mol. The molecular formula is C15H22N2O5S. The topological polar surface area (TPSA) is 95.9 Å². The first-order valence-corrected chi connectivity index (χ1v) is 8.97. The number of aliphatic hydroxyl groups excluding tert-OH is 1. The van der Waals surface area contributed by atoms with Crippen LogP contribution in [0, 0.1) is 0 Å². The smallest absolute Gasteiger partial charge is 0.240 e. The number of benzene rings is 1. The molecule has 0 unspecified atom stereocenters. The number of aryl methyl sites for hydroxylation is 1. The molecule has 0 bridgehead atoms. The molecule has 1 aliphatic heterocycles. The first-order valence-electron chi connectivity index (χ1n) is 7.48. The van der Waals surface area contributed by atoms with E-state index in [2.05, 4.69) is 4.72 Å². The zero-order chi connectivity index (χ0) is 16.9. The standard InChI is InChI=1S/C15H22N2O5S/c1-16-23(20,21)14-5-2-12(3-6-14)4-7-15(19)17-8-9-22-11-13(18)10-17/h2-3,5-6,13,16,18H,4,7-11H2,1H3/t13-/m1/s1. The molecule has 0 spiro atoms. The van der Waals surface area contributed by atoms with Crippen molar-refractivity contribution in [3.8, 4) is 0 Å². The summed E-state index contributed by atoms with van der Waals surface area (Å²) in [5.41, 5.74) is 0.889. The number of ether oxygens (including phenoxy) is 1. The fourth-order valence-corrected chi connectivity index (χ4v) is 3.11. The number of nitrogens with zero attached hydrogens (tertiary/aromatic N) is 1. The van der Waals surface area contributed by atoms with Crippen LogP contribution in [-0.2, 0) is 26.0 Å². The average molecular weight is 342 g/mol. The number of aliphatic hydroxyl groups is 1. The largest absolute Gasteiger partial charge is 0.389 e. The third-order valence-corrected chi connectivity index (χ3v) is 5.16. The van der Waals surface area contributed by atoms with Crippen molar-refractivity contribution in [2.75, 3.05) is 33.4 Å². The monoisotopic (exact) mass is 342 g/mol. The lowest BCUT2D eigenvalue weighted by molar-refractivity contribution is -0.132. The number of hydrogen-bond acceptors (Lipinski definition) is 5. The van der Waals surface area contributed by atoms with Gasteiger partial charge in [0.1, 0.15) is 0 Å². The van der Waals surface area contributed by atoms with Gasteiger partial charge in [0.15, 0.2) is 0 Å². The van der Waals surface area contributed by atoms with Crippen LogP contribution < -0.4 is 4.72 Å². The van der Waals surface area contributed by atoms with Crippen LogP contribution in [0.25, 0.3) is 0 Å². The van der Waals surface area contributed by atoms with Crippen molar-refractivity contribution >= 4 is 15.9 Å². The Kier molecular flexibility index (Phi) is 6.11. The molecule has 1 heterocycles. The number of nitrogens with one attached hydrogen (secondary N) is 1. The van der Waals surface area contributed by atoms with Crippen molar-refractivity contribution in [2.45, 2.75) is 23.8 Å². The molecule has 7 nitrogen and oxygen atoms in total. The van der Waals surface area contributed by atoms with Crippen LogP contribution in [-0.4, -0.2) is 63.8 Å². The number of rotatable bonds is 5. The van der Waals surface area contributed by atoms with Gasteiger partial charge in [0.05, 0.1) is 24.2 Å². The van der Waals surface area contributed by atoms with Gasteiger partial charge in [-0.15, -0.1) is 0 Å². The Balaban J connectivity index is 1.91. The van der Waals surface area contributed by atoms with E-state index < -0.39 is 16.1 Å². The maximum absolute atomic E-state index is 12.2. The van der Waals surface area contributed by atoms with Crippen molar-refractivity contribution in [3.05, 3.63) is 29.8 Å². The van der Waals surface area contributed by atoms with Gasteiger partial charge in [-0.3, -0.25) is 4.79 Å². The van der Waals surface area contributed by atoms with Crippen molar-refractivity contribution in [3.63, 3.8) is 0 Å². The SMILES string of the molecule is CNS(=O)(=O)c1ccc(CCC(=O)N2CCOC[C@H](O)C2)cc1. The first kappa shape index (κ1) is 17.9. The Hall–Kier alpha value is -1.48. The average Bonchev–Trinajstić information content (AvgIpc) is 2.77. The molecule has 0 radical (unpaired) electrons. The molecule has 8 heteroatoms. The van der Waals surface area contributed by atoms with E-state index in [0.29, 0.717) is 26.0 Å². The van der Waals surface area contributed by atoms with Gasteiger partial charge in [-0.1, -0.05) is 12.1 Å². The number of carbonyl (C=O) groups is 1. The summed E-state index contributed by atoms with van der Waals surface area (Å²) in [5, 5.41) is 9.64. The Bertz CT molecular complexity index is 630.